The lowest BCUT2D eigenvalue weighted by Gasteiger charge is -2.33. The van der Waals surface area contributed by atoms with E-state index < -0.39 is 0 Å². The largest absolute Gasteiger partial charge is 0.487 e. The van der Waals surface area contributed by atoms with Crippen molar-refractivity contribution in [3.05, 3.63) is 18.3 Å². The van der Waals surface area contributed by atoms with Gasteiger partial charge in [0.1, 0.15) is 0 Å². The van der Waals surface area contributed by atoms with Gasteiger partial charge in [0.25, 0.3) is 0 Å². The molecule has 0 bridgehead atoms. The van der Waals surface area contributed by atoms with Gasteiger partial charge in [-0.2, -0.15) is 0 Å². The summed E-state index contributed by atoms with van der Waals surface area (Å²) < 4.78 is 5.85. The van der Waals surface area contributed by atoms with E-state index >= 15 is 0 Å². The van der Waals surface area contributed by atoms with Crippen LogP contribution in [0.5, 0.6) is 5.75 Å². The maximum absolute atomic E-state index is 5.85. The average Bonchev–Trinajstić information content (AvgIpc) is 2.39. The number of hydrogen-bond donors (Lipinski definition) is 0. The van der Waals surface area contributed by atoms with Crippen molar-refractivity contribution < 1.29 is 4.74 Å². The first kappa shape index (κ1) is 13.7. The quantitative estimate of drug-likeness (QED) is 0.796. The number of piperidine rings is 1. The number of anilines is 1. The highest BCUT2D eigenvalue weighted by atomic mass is 79.9. The zero-order valence-electron chi connectivity index (χ0n) is 11.1. The molecule has 1 aromatic heterocycles. The maximum atomic E-state index is 5.85. The van der Waals surface area contributed by atoms with Crippen LogP contribution in [-0.2, 0) is 0 Å². The van der Waals surface area contributed by atoms with Crippen LogP contribution in [0, 0.1) is 5.92 Å². The van der Waals surface area contributed by atoms with Crippen LogP contribution in [0.4, 0.5) is 5.82 Å². The molecule has 1 unspecified atom stereocenters. The van der Waals surface area contributed by atoms with Crippen molar-refractivity contribution in [2.24, 2.45) is 5.92 Å². The first-order valence-electron chi connectivity index (χ1n) is 6.63. The number of rotatable bonds is 4. The number of alkyl halides is 1. The fourth-order valence-electron chi connectivity index (χ4n) is 2.35. The molecule has 1 saturated heterocycles. The molecule has 1 aliphatic rings. The van der Waals surface area contributed by atoms with Gasteiger partial charge in [-0.1, -0.05) is 15.9 Å². The summed E-state index contributed by atoms with van der Waals surface area (Å²) in [6.45, 7) is 6.24. The van der Waals surface area contributed by atoms with Crippen molar-refractivity contribution in [1.82, 2.24) is 4.98 Å². The zero-order valence-corrected chi connectivity index (χ0v) is 12.7. The molecule has 2 heterocycles. The third-order valence-corrected chi connectivity index (χ3v) is 4.07. The summed E-state index contributed by atoms with van der Waals surface area (Å²) in [5.74, 6) is 2.62. The van der Waals surface area contributed by atoms with Crippen LogP contribution in [0.1, 0.15) is 26.7 Å². The normalized spacial score (nSPS) is 20.2. The predicted molar refractivity (Wildman–Crippen MR) is 78.7 cm³/mol. The highest BCUT2D eigenvalue weighted by Crippen LogP contribution is 2.30. The number of aromatic nitrogens is 1. The van der Waals surface area contributed by atoms with E-state index in [2.05, 4.69) is 25.8 Å². The molecule has 0 spiro atoms. The van der Waals surface area contributed by atoms with Crippen molar-refractivity contribution >= 4 is 21.7 Å². The van der Waals surface area contributed by atoms with E-state index in [1.54, 1.807) is 0 Å². The summed E-state index contributed by atoms with van der Waals surface area (Å²) in [7, 11) is 0. The van der Waals surface area contributed by atoms with Gasteiger partial charge in [0.2, 0.25) is 0 Å². The minimum absolute atomic E-state index is 0.185. The molecule has 4 heteroatoms. The van der Waals surface area contributed by atoms with Gasteiger partial charge >= 0.3 is 0 Å². The molecule has 0 saturated carbocycles. The van der Waals surface area contributed by atoms with Crippen LogP contribution in [0.3, 0.4) is 0 Å². The molecule has 0 N–H and O–H groups in total. The van der Waals surface area contributed by atoms with Crippen LogP contribution >= 0.6 is 15.9 Å². The zero-order chi connectivity index (χ0) is 13.0. The molecule has 1 fully saturated rings. The fourth-order valence-corrected chi connectivity index (χ4v) is 2.88. The van der Waals surface area contributed by atoms with Crippen molar-refractivity contribution in [1.29, 1.82) is 0 Å². The van der Waals surface area contributed by atoms with Gasteiger partial charge in [-0.05, 0) is 44.7 Å². The van der Waals surface area contributed by atoms with Gasteiger partial charge in [-0.25, -0.2) is 4.98 Å². The van der Waals surface area contributed by atoms with E-state index in [-0.39, 0.29) is 6.10 Å². The molecule has 3 nitrogen and oxygen atoms in total. The monoisotopic (exact) mass is 312 g/mol. The molecule has 0 aliphatic carbocycles. The Morgan fingerprint density at radius 2 is 2.39 bits per heavy atom. The summed E-state index contributed by atoms with van der Waals surface area (Å²) >= 11 is 3.59. The molecule has 18 heavy (non-hydrogen) atoms. The number of pyridine rings is 1. The van der Waals surface area contributed by atoms with E-state index in [0.717, 1.165) is 30.0 Å². The highest BCUT2D eigenvalue weighted by molar-refractivity contribution is 9.09. The third-order valence-electron chi connectivity index (χ3n) is 3.15. The lowest BCUT2D eigenvalue weighted by Crippen LogP contribution is -2.36. The molecular weight excluding hydrogens is 292 g/mol. The standard InChI is InChI=1S/C14H21BrN2O/c1-11(2)18-13-6-3-7-16-14(13)17-8-4-5-12(9-15)10-17/h3,6-7,11-12H,4-5,8-10H2,1-2H3. The Balaban J connectivity index is 2.16. The molecule has 100 valence electrons. The number of ether oxygens (including phenoxy) is 1. The van der Waals surface area contributed by atoms with Gasteiger partial charge in [-0.15, -0.1) is 0 Å². The molecule has 2 rings (SSSR count). The van der Waals surface area contributed by atoms with Gasteiger partial charge in [-0.3, -0.25) is 0 Å². The van der Waals surface area contributed by atoms with Gasteiger partial charge in [0.15, 0.2) is 11.6 Å². The van der Waals surface area contributed by atoms with Crippen LogP contribution in [0.25, 0.3) is 0 Å². The highest BCUT2D eigenvalue weighted by Gasteiger charge is 2.22. The summed E-state index contributed by atoms with van der Waals surface area (Å²) in [4.78, 5) is 6.86. The number of hydrogen-bond acceptors (Lipinski definition) is 3. The van der Waals surface area contributed by atoms with Crippen molar-refractivity contribution in [2.75, 3.05) is 23.3 Å². The third kappa shape index (κ3) is 3.37. The van der Waals surface area contributed by atoms with E-state index in [1.807, 2.05) is 32.2 Å². The van der Waals surface area contributed by atoms with Crippen LogP contribution in [-0.4, -0.2) is 29.5 Å². The Hall–Kier alpha value is -0.770. The van der Waals surface area contributed by atoms with Gasteiger partial charge in [0.05, 0.1) is 6.10 Å². The Kier molecular flexibility index (Phi) is 4.87. The molecule has 1 aliphatic heterocycles. The summed E-state index contributed by atoms with van der Waals surface area (Å²) in [6, 6.07) is 3.95. The first-order valence-corrected chi connectivity index (χ1v) is 7.75. The van der Waals surface area contributed by atoms with Crippen LogP contribution in [0.15, 0.2) is 18.3 Å². The Morgan fingerprint density at radius 3 is 3.11 bits per heavy atom. The second-order valence-electron chi connectivity index (χ2n) is 5.10. The van der Waals surface area contributed by atoms with Crippen molar-refractivity contribution in [3.63, 3.8) is 0 Å². The van der Waals surface area contributed by atoms with Crippen LogP contribution < -0.4 is 9.64 Å². The van der Waals surface area contributed by atoms with Gasteiger partial charge < -0.3 is 9.64 Å². The number of halogens is 1. The topological polar surface area (TPSA) is 25.4 Å². The SMILES string of the molecule is CC(C)Oc1cccnc1N1CCCC(CBr)C1. The summed E-state index contributed by atoms with van der Waals surface area (Å²) in [5, 5.41) is 1.07. The molecule has 0 aromatic carbocycles. The second kappa shape index (κ2) is 6.41. The molecule has 1 atom stereocenters. The second-order valence-corrected chi connectivity index (χ2v) is 5.75. The average molecular weight is 313 g/mol. The van der Waals surface area contributed by atoms with Crippen LogP contribution in [0.2, 0.25) is 0 Å². The Labute approximate surface area is 118 Å². The summed E-state index contributed by atoms with van der Waals surface area (Å²) in [5.41, 5.74) is 0. The lowest BCUT2D eigenvalue weighted by atomic mass is 10.0. The fraction of sp³-hybridized carbons (Fsp3) is 0.643. The minimum Gasteiger partial charge on any atom is -0.487 e. The Bertz CT molecular complexity index is 384. The summed E-state index contributed by atoms with van der Waals surface area (Å²) in [6.07, 6.45) is 4.56. The Morgan fingerprint density at radius 1 is 1.56 bits per heavy atom. The van der Waals surface area contributed by atoms with E-state index in [4.69, 9.17) is 4.74 Å². The minimum atomic E-state index is 0.185. The van der Waals surface area contributed by atoms with E-state index in [9.17, 15) is 0 Å². The number of nitrogens with zero attached hydrogens (tertiary/aromatic N) is 2. The van der Waals surface area contributed by atoms with Crippen molar-refractivity contribution in [2.45, 2.75) is 32.8 Å². The van der Waals surface area contributed by atoms with E-state index in [1.165, 1.54) is 12.8 Å². The first-order chi connectivity index (χ1) is 8.70. The molecule has 1 aromatic rings. The molecular formula is C14H21BrN2O. The molecule has 0 radical (unpaired) electrons. The maximum Gasteiger partial charge on any atom is 0.171 e. The van der Waals surface area contributed by atoms with Gasteiger partial charge in [0, 0.05) is 24.6 Å². The smallest absolute Gasteiger partial charge is 0.171 e. The predicted octanol–water partition coefficient (Wildman–Crippen LogP) is 3.48. The van der Waals surface area contributed by atoms with E-state index in [0.29, 0.717) is 5.92 Å². The molecule has 0 amide bonds. The van der Waals surface area contributed by atoms with Crippen molar-refractivity contribution in [3.8, 4) is 5.75 Å². The lowest BCUT2D eigenvalue weighted by molar-refractivity contribution is 0.241.